The highest BCUT2D eigenvalue weighted by Crippen LogP contribution is 2.27. The minimum absolute atomic E-state index is 0.0884. The monoisotopic (exact) mass is 372 g/mol. The molecule has 0 aliphatic rings. The second kappa shape index (κ2) is 5.92. The second-order valence-corrected chi connectivity index (χ2v) is 10.7. The third kappa shape index (κ3) is 3.94. The molecule has 7 heteroatoms. The third-order valence-electron chi connectivity index (χ3n) is 3.43. The highest BCUT2D eigenvalue weighted by molar-refractivity contribution is 8.13. The summed E-state index contributed by atoms with van der Waals surface area (Å²) in [6.45, 7) is 6.10. The highest BCUT2D eigenvalue weighted by Gasteiger charge is 2.21. The van der Waals surface area contributed by atoms with E-state index in [0.717, 1.165) is 11.6 Å². The van der Waals surface area contributed by atoms with Crippen molar-refractivity contribution in [1.29, 1.82) is 0 Å². The van der Waals surface area contributed by atoms with Crippen molar-refractivity contribution >= 4 is 29.6 Å². The third-order valence-corrected chi connectivity index (χ3v) is 6.55. The first-order chi connectivity index (χ1) is 10.4. The maximum atomic E-state index is 12.6. The molecule has 0 radical (unpaired) electrons. The van der Waals surface area contributed by atoms with Crippen LogP contribution in [0.2, 0.25) is 0 Å². The van der Waals surface area contributed by atoms with E-state index in [-0.39, 0.29) is 20.1 Å². The molecule has 0 unspecified atom stereocenters. The van der Waals surface area contributed by atoms with Gasteiger partial charge in [-0.3, -0.25) is 0 Å². The van der Waals surface area contributed by atoms with Crippen LogP contribution in [0.15, 0.2) is 63.2 Å². The second-order valence-electron chi connectivity index (χ2n) is 6.19. The summed E-state index contributed by atoms with van der Waals surface area (Å²) < 4.78 is 48.0. The topological polar surface area (TPSA) is 68.3 Å². The van der Waals surface area contributed by atoms with Crippen molar-refractivity contribution in [3.63, 3.8) is 0 Å². The van der Waals surface area contributed by atoms with Crippen molar-refractivity contribution in [2.45, 2.75) is 40.9 Å². The smallest absolute Gasteiger partial charge is 0.219 e. The summed E-state index contributed by atoms with van der Waals surface area (Å²) >= 11 is 0. The molecule has 0 heterocycles. The average molecular weight is 373 g/mol. The van der Waals surface area contributed by atoms with E-state index in [9.17, 15) is 16.8 Å². The van der Waals surface area contributed by atoms with Gasteiger partial charge in [0.1, 0.15) is 0 Å². The van der Waals surface area contributed by atoms with Crippen molar-refractivity contribution in [2.24, 2.45) is 0 Å². The Balaban J connectivity index is 2.51. The van der Waals surface area contributed by atoms with Crippen LogP contribution in [-0.4, -0.2) is 16.8 Å². The van der Waals surface area contributed by atoms with E-state index >= 15 is 0 Å². The molecule has 0 atom stereocenters. The van der Waals surface area contributed by atoms with Crippen LogP contribution in [0.1, 0.15) is 26.3 Å². The van der Waals surface area contributed by atoms with Gasteiger partial charge in [0.25, 0.3) is 9.05 Å². The van der Waals surface area contributed by atoms with E-state index in [4.69, 9.17) is 10.7 Å². The van der Waals surface area contributed by atoms with Crippen LogP contribution in [0.3, 0.4) is 0 Å². The molecule has 0 aliphatic carbocycles. The predicted molar refractivity (Wildman–Crippen MR) is 90.1 cm³/mol. The molecule has 0 fully saturated rings. The molecule has 0 saturated carbocycles. The molecule has 0 aromatic heterocycles. The van der Waals surface area contributed by atoms with Gasteiger partial charge in [-0.15, -0.1) is 0 Å². The lowest BCUT2D eigenvalue weighted by Gasteiger charge is -2.19. The standard InChI is InChI=1S/C16H17ClO4S2/c1-16(2,3)12-7-9-13(10-8-12)22(18,19)14-5-4-6-15(11-14)23(17,20)21/h4-11H,1-3H3. The van der Waals surface area contributed by atoms with Gasteiger partial charge in [-0.2, -0.15) is 0 Å². The molecule has 2 aromatic carbocycles. The largest absolute Gasteiger partial charge is 0.261 e. The Morgan fingerprint density at radius 3 is 1.78 bits per heavy atom. The Kier molecular flexibility index (Phi) is 4.63. The van der Waals surface area contributed by atoms with Gasteiger partial charge >= 0.3 is 0 Å². The minimum atomic E-state index is -3.99. The van der Waals surface area contributed by atoms with Crippen LogP contribution < -0.4 is 0 Å². The first kappa shape index (κ1) is 18.0. The summed E-state index contributed by atoms with van der Waals surface area (Å²) in [6.07, 6.45) is 0. The molecular formula is C16H17ClO4S2. The van der Waals surface area contributed by atoms with E-state index in [1.807, 2.05) is 20.8 Å². The van der Waals surface area contributed by atoms with Crippen molar-refractivity contribution in [3.8, 4) is 0 Å². The fourth-order valence-electron chi connectivity index (χ4n) is 2.06. The number of halogens is 1. The van der Waals surface area contributed by atoms with E-state index in [0.29, 0.717) is 0 Å². The van der Waals surface area contributed by atoms with Crippen LogP contribution in [0.25, 0.3) is 0 Å². The molecule has 0 amide bonds. The van der Waals surface area contributed by atoms with Gasteiger partial charge in [-0.1, -0.05) is 39.0 Å². The van der Waals surface area contributed by atoms with Gasteiger partial charge in [0, 0.05) is 10.7 Å². The van der Waals surface area contributed by atoms with Crippen LogP contribution >= 0.6 is 10.7 Å². The van der Waals surface area contributed by atoms with Crippen LogP contribution in [0.5, 0.6) is 0 Å². The SMILES string of the molecule is CC(C)(C)c1ccc(S(=O)(=O)c2cccc(S(=O)(=O)Cl)c2)cc1. The summed E-state index contributed by atoms with van der Waals surface area (Å²) in [5.74, 6) is 0. The fraction of sp³-hybridized carbons (Fsp3) is 0.250. The van der Waals surface area contributed by atoms with E-state index in [1.165, 1.54) is 30.3 Å². The molecule has 2 rings (SSSR count). The zero-order valence-electron chi connectivity index (χ0n) is 12.9. The number of benzene rings is 2. The van der Waals surface area contributed by atoms with Gasteiger partial charge in [0.15, 0.2) is 0 Å². The molecule has 23 heavy (non-hydrogen) atoms. The molecular weight excluding hydrogens is 356 g/mol. The number of rotatable bonds is 3. The van der Waals surface area contributed by atoms with Crippen LogP contribution in [0.4, 0.5) is 0 Å². The van der Waals surface area contributed by atoms with E-state index in [1.54, 1.807) is 12.1 Å². The Labute approximate surface area is 141 Å². The van der Waals surface area contributed by atoms with E-state index in [2.05, 4.69) is 0 Å². The van der Waals surface area contributed by atoms with Gasteiger partial charge in [0.2, 0.25) is 9.84 Å². The molecule has 0 N–H and O–H groups in total. The Morgan fingerprint density at radius 1 is 0.783 bits per heavy atom. The lowest BCUT2D eigenvalue weighted by atomic mass is 9.87. The summed E-state index contributed by atoms with van der Waals surface area (Å²) in [6, 6.07) is 11.6. The summed E-state index contributed by atoms with van der Waals surface area (Å²) in [5.41, 5.74) is 0.920. The van der Waals surface area contributed by atoms with Gasteiger partial charge in [0.05, 0.1) is 14.7 Å². The zero-order chi connectivity index (χ0) is 17.5. The summed E-state index contributed by atoms with van der Waals surface area (Å²) in [4.78, 5) is -0.246. The quantitative estimate of drug-likeness (QED) is 0.769. The normalized spacial score (nSPS) is 13.0. The average Bonchev–Trinajstić information content (AvgIpc) is 2.46. The van der Waals surface area contributed by atoms with Gasteiger partial charge in [-0.25, -0.2) is 16.8 Å². The van der Waals surface area contributed by atoms with E-state index < -0.39 is 18.9 Å². The molecule has 0 aliphatic heterocycles. The molecule has 0 bridgehead atoms. The lowest BCUT2D eigenvalue weighted by molar-refractivity contribution is 0.586. The van der Waals surface area contributed by atoms with Crippen LogP contribution in [0, 0.1) is 0 Å². The van der Waals surface area contributed by atoms with Crippen molar-refractivity contribution in [3.05, 3.63) is 54.1 Å². The van der Waals surface area contributed by atoms with Crippen molar-refractivity contribution < 1.29 is 16.8 Å². The number of sulfone groups is 1. The maximum Gasteiger partial charge on any atom is 0.261 e. The Bertz CT molecular complexity index is 923. The molecule has 0 spiro atoms. The minimum Gasteiger partial charge on any atom is -0.219 e. The molecule has 2 aromatic rings. The van der Waals surface area contributed by atoms with Gasteiger partial charge in [-0.05, 0) is 41.3 Å². The highest BCUT2D eigenvalue weighted by atomic mass is 35.7. The zero-order valence-corrected chi connectivity index (χ0v) is 15.3. The fourth-order valence-corrected chi connectivity index (χ4v) is 4.24. The number of hydrogen-bond acceptors (Lipinski definition) is 4. The Hall–Kier alpha value is -1.37. The van der Waals surface area contributed by atoms with Gasteiger partial charge < -0.3 is 0 Å². The first-order valence-corrected chi connectivity index (χ1v) is 10.6. The molecule has 0 saturated heterocycles. The molecule has 124 valence electrons. The Morgan fingerprint density at radius 2 is 1.30 bits per heavy atom. The van der Waals surface area contributed by atoms with Crippen LogP contribution in [-0.2, 0) is 24.3 Å². The predicted octanol–water partition coefficient (Wildman–Crippen LogP) is 3.74. The van der Waals surface area contributed by atoms with Crippen molar-refractivity contribution in [1.82, 2.24) is 0 Å². The number of hydrogen-bond donors (Lipinski definition) is 0. The summed E-state index contributed by atoms with van der Waals surface area (Å²) in [5, 5.41) is 0. The maximum absolute atomic E-state index is 12.6. The summed E-state index contributed by atoms with van der Waals surface area (Å²) in [7, 11) is -2.52. The first-order valence-electron chi connectivity index (χ1n) is 6.83. The lowest BCUT2D eigenvalue weighted by Crippen LogP contribution is -2.11. The van der Waals surface area contributed by atoms with Crippen molar-refractivity contribution in [2.75, 3.05) is 0 Å². The molecule has 4 nitrogen and oxygen atoms in total.